The average molecular weight is 554 g/mol. The van der Waals surface area contributed by atoms with Crippen LogP contribution in [0.4, 0.5) is 0 Å². The van der Waals surface area contributed by atoms with Crippen LogP contribution in [0.5, 0.6) is 5.75 Å². The predicted octanol–water partition coefficient (Wildman–Crippen LogP) is 6.77. The minimum absolute atomic E-state index is 0.0200. The molecule has 2 aromatic carbocycles. The first-order valence-corrected chi connectivity index (χ1v) is 13.7. The lowest BCUT2D eigenvalue weighted by molar-refractivity contribution is -0.137. The highest BCUT2D eigenvalue weighted by Gasteiger charge is 2.43. The first-order valence-electron chi connectivity index (χ1n) is 12.9. The quantitative estimate of drug-likeness (QED) is 0.407. The summed E-state index contributed by atoms with van der Waals surface area (Å²) in [7, 11) is 0. The van der Waals surface area contributed by atoms with Crippen molar-refractivity contribution in [2.75, 3.05) is 6.54 Å². The highest BCUT2D eigenvalue weighted by atomic mass is 35.5. The Morgan fingerprint density at radius 1 is 0.947 bits per heavy atom. The number of carboxylic acid groups (broad SMARTS) is 1. The molecule has 0 bridgehead atoms. The summed E-state index contributed by atoms with van der Waals surface area (Å²) >= 11 is 13.4. The fraction of sp³-hybridized carbons (Fsp3) is 0.367. The zero-order valence-corrected chi connectivity index (χ0v) is 22.7. The number of hydrogen-bond donors (Lipinski definition) is 1. The molecule has 0 saturated heterocycles. The van der Waals surface area contributed by atoms with Gasteiger partial charge in [0, 0.05) is 47.8 Å². The molecule has 1 N–H and O–H groups in total. The van der Waals surface area contributed by atoms with Gasteiger partial charge in [-0.1, -0.05) is 53.0 Å². The third kappa shape index (κ3) is 5.12. The minimum atomic E-state index is -0.916. The van der Waals surface area contributed by atoms with Crippen LogP contribution in [0.2, 0.25) is 10.0 Å². The fourth-order valence-corrected chi connectivity index (χ4v) is 6.36. The molecule has 0 aromatic heterocycles. The van der Waals surface area contributed by atoms with Crippen molar-refractivity contribution in [3.05, 3.63) is 85.7 Å². The maximum Gasteiger partial charge on any atom is 0.305 e. The Morgan fingerprint density at radius 3 is 2.03 bits per heavy atom. The third-order valence-corrected chi connectivity index (χ3v) is 8.05. The molecule has 0 saturated carbocycles. The van der Waals surface area contributed by atoms with Gasteiger partial charge in [-0.3, -0.25) is 14.4 Å². The second kappa shape index (κ2) is 11.0. The summed E-state index contributed by atoms with van der Waals surface area (Å²) in [5, 5.41) is 9.97. The molecule has 0 spiro atoms. The van der Waals surface area contributed by atoms with E-state index in [0.717, 1.165) is 22.5 Å². The lowest BCUT2D eigenvalue weighted by Gasteiger charge is -2.44. The number of halogens is 2. The van der Waals surface area contributed by atoms with Crippen LogP contribution in [0.3, 0.4) is 0 Å². The molecule has 1 heterocycles. The van der Waals surface area contributed by atoms with Crippen molar-refractivity contribution in [3.63, 3.8) is 0 Å². The predicted molar refractivity (Wildman–Crippen MR) is 145 cm³/mol. The van der Waals surface area contributed by atoms with Crippen molar-refractivity contribution < 1.29 is 24.2 Å². The highest BCUT2D eigenvalue weighted by molar-refractivity contribution is 6.37. The van der Waals surface area contributed by atoms with Gasteiger partial charge in [0.05, 0.1) is 16.5 Å². The number of hydrogen-bond acceptors (Lipinski definition) is 5. The summed E-state index contributed by atoms with van der Waals surface area (Å²) in [6.45, 7) is 2.54. The van der Waals surface area contributed by atoms with Crippen molar-refractivity contribution in [3.8, 4) is 5.75 Å². The van der Waals surface area contributed by atoms with E-state index in [1.54, 1.807) is 12.1 Å². The van der Waals surface area contributed by atoms with Crippen LogP contribution in [0, 0.1) is 6.92 Å². The van der Waals surface area contributed by atoms with E-state index in [-0.39, 0.29) is 24.5 Å². The van der Waals surface area contributed by atoms with Crippen LogP contribution in [0.25, 0.3) is 0 Å². The molecule has 6 nitrogen and oxygen atoms in total. The number of carbonyl (C=O) groups is 3. The van der Waals surface area contributed by atoms with Crippen LogP contribution in [0.1, 0.15) is 67.6 Å². The van der Waals surface area contributed by atoms with Gasteiger partial charge in [0.2, 0.25) is 0 Å². The molecule has 8 heteroatoms. The Hall–Kier alpha value is -3.09. The Morgan fingerprint density at radius 2 is 1.50 bits per heavy atom. The number of carboxylic acids is 1. The molecule has 0 radical (unpaired) electrons. The number of benzene rings is 2. The Bertz CT molecular complexity index is 1310. The zero-order chi connectivity index (χ0) is 27.0. The van der Waals surface area contributed by atoms with Gasteiger partial charge in [-0.2, -0.15) is 0 Å². The minimum Gasteiger partial charge on any atom is -0.486 e. The number of rotatable bonds is 7. The van der Waals surface area contributed by atoms with Crippen LogP contribution in [-0.2, 0) is 21.0 Å². The van der Waals surface area contributed by atoms with E-state index in [0.29, 0.717) is 77.6 Å². The molecular weight excluding hydrogens is 525 g/mol. The number of nitrogens with zero attached hydrogens (tertiary/aromatic N) is 1. The van der Waals surface area contributed by atoms with Crippen LogP contribution < -0.4 is 4.74 Å². The summed E-state index contributed by atoms with van der Waals surface area (Å²) < 4.78 is 5.98. The van der Waals surface area contributed by atoms with E-state index >= 15 is 0 Å². The van der Waals surface area contributed by atoms with Crippen LogP contribution in [0.15, 0.2) is 58.9 Å². The maximum absolute atomic E-state index is 13.4. The van der Waals surface area contributed by atoms with Gasteiger partial charge in [-0.15, -0.1) is 0 Å². The number of aryl methyl sites for hydroxylation is 1. The van der Waals surface area contributed by atoms with Gasteiger partial charge >= 0.3 is 5.97 Å². The SMILES string of the molecule is Cc1ccc(COc2c(Cl)cc(C3C4=C(CCCC4=O)N(CCC(=O)O)C4=C3C(=O)CCC4)cc2Cl)cc1. The van der Waals surface area contributed by atoms with Gasteiger partial charge in [-0.25, -0.2) is 0 Å². The molecule has 0 unspecified atom stereocenters. The number of carbonyl (C=O) groups excluding carboxylic acids is 2. The molecule has 198 valence electrons. The standard InChI is InChI=1S/C30H29Cl2NO5/c1-17-8-10-18(11-9-17)16-38-30-20(31)14-19(15-21(30)32)27-28-22(4-2-6-24(28)34)33(13-12-26(36)37)23-5-3-7-25(35)29(23)27/h8-11,14-15,27H,2-7,12-13,16H2,1H3,(H,36,37). The number of allylic oxidation sites excluding steroid dienone is 4. The Balaban J connectivity index is 1.56. The van der Waals surface area contributed by atoms with Crippen molar-refractivity contribution in [2.24, 2.45) is 0 Å². The molecule has 38 heavy (non-hydrogen) atoms. The maximum atomic E-state index is 13.4. The monoisotopic (exact) mass is 553 g/mol. The van der Waals surface area contributed by atoms with Crippen LogP contribution >= 0.6 is 23.2 Å². The topological polar surface area (TPSA) is 83.9 Å². The fourth-order valence-electron chi connectivity index (χ4n) is 5.75. The van der Waals surface area contributed by atoms with Crippen molar-refractivity contribution in [2.45, 2.75) is 64.4 Å². The Labute approximate surface area is 231 Å². The Kier molecular flexibility index (Phi) is 7.64. The summed E-state index contributed by atoms with van der Waals surface area (Å²) in [6.07, 6.45) is 3.39. The van der Waals surface area contributed by atoms with E-state index in [1.165, 1.54) is 0 Å². The van der Waals surface area contributed by atoms with E-state index in [9.17, 15) is 19.5 Å². The number of Topliss-reactive ketones (excluding diaryl/α,β-unsaturated/α-hetero) is 2. The van der Waals surface area contributed by atoms with E-state index in [1.807, 2.05) is 36.1 Å². The van der Waals surface area contributed by atoms with Crippen molar-refractivity contribution >= 4 is 40.7 Å². The number of ether oxygens (including phenoxy) is 1. The van der Waals surface area contributed by atoms with Gasteiger partial charge in [0.25, 0.3) is 0 Å². The molecule has 1 aliphatic heterocycles. The second-order valence-electron chi connectivity index (χ2n) is 10.1. The smallest absolute Gasteiger partial charge is 0.305 e. The lowest BCUT2D eigenvalue weighted by atomic mass is 9.71. The molecule has 2 aromatic rings. The van der Waals surface area contributed by atoms with Crippen molar-refractivity contribution in [1.29, 1.82) is 0 Å². The van der Waals surface area contributed by atoms with E-state index in [4.69, 9.17) is 27.9 Å². The van der Waals surface area contributed by atoms with Gasteiger partial charge in [-0.05, 0) is 55.9 Å². The lowest BCUT2D eigenvalue weighted by Crippen LogP contribution is -2.39. The van der Waals surface area contributed by atoms with E-state index < -0.39 is 11.9 Å². The van der Waals surface area contributed by atoms with Gasteiger partial charge < -0.3 is 14.7 Å². The third-order valence-electron chi connectivity index (χ3n) is 7.49. The number of ketones is 2. The number of aliphatic carboxylic acids is 1. The normalized spacial score (nSPS) is 18.0. The average Bonchev–Trinajstić information content (AvgIpc) is 2.87. The molecule has 0 fully saturated rings. The summed E-state index contributed by atoms with van der Waals surface area (Å²) in [6, 6.07) is 11.5. The summed E-state index contributed by atoms with van der Waals surface area (Å²) in [4.78, 5) is 40.1. The van der Waals surface area contributed by atoms with E-state index in [2.05, 4.69) is 0 Å². The summed E-state index contributed by atoms with van der Waals surface area (Å²) in [5.41, 5.74) is 5.59. The van der Waals surface area contributed by atoms with Crippen molar-refractivity contribution in [1.82, 2.24) is 4.90 Å². The molecule has 3 aliphatic rings. The molecule has 5 rings (SSSR count). The zero-order valence-electron chi connectivity index (χ0n) is 21.2. The molecule has 0 amide bonds. The van der Waals surface area contributed by atoms with Gasteiger partial charge in [0.1, 0.15) is 6.61 Å². The first-order chi connectivity index (χ1) is 18.2. The summed E-state index contributed by atoms with van der Waals surface area (Å²) in [5.74, 6) is -1.19. The first kappa shape index (κ1) is 26.5. The largest absolute Gasteiger partial charge is 0.486 e. The molecular formula is C30H29Cl2NO5. The molecule has 0 atom stereocenters. The second-order valence-corrected chi connectivity index (χ2v) is 10.9. The van der Waals surface area contributed by atoms with Crippen LogP contribution in [-0.4, -0.2) is 34.1 Å². The highest BCUT2D eigenvalue weighted by Crippen LogP contribution is 2.50. The molecule has 2 aliphatic carbocycles. The van der Waals surface area contributed by atoms with Gasteiger partial charge in [0.15, 0.2) is 17.3 Å².